The van der Waals surface area contributed by atoms with Gasteiger partial charge >= 0.3 is 6.18 Å². The smallest absolute Gasteiger partial charge is 0.406 e. The van der Waals surface area contributed by atoms with Gasteiger partial charge < -0.3 is 55.5 Å². The fraction of sp³-hybridized carbons (Fsp3) is 0.466. The van der Waals surface area contributed by atoms with Gasteiger partial charge in [0.2, 0.25) is 11.8 Å². The first-order valence-corrected chi connectivity index (χ1v) is 26.3. The number of hydrogen-bond acceptors (Lipinski definition) is 10. The van der Waals surface area contributed by atoms with Crippen LogP contribution in [-0.4, -0.2) is 117 Å². The minimum atomic E-state index is -4.51. The zero-order valence-electron chi connectivity index (χ0n) is 44.4. The molecule has 3 atom stereocenters. The third-order valence-electron chi connectivity index (χ3n) is 13.2. The molecule has 0 aliphatic carbocycles. The van der Waals surface area contributed by atoms with Crippen LogP contribution in [0.2, 0.25) is 0 Å². The molecule has 5 aromatic rings. The van der Waals surface area contributed by atoms with E-state index in [9.17, 15) is 32.7 Å². The number of nitrogens with zero attached hydrogens (tertiary/aromatic N) is 3. The van der Waals surface area contributed by atoms with Crippen molar-refractivity contribution < 1.29 is 46.5 Å². The summed E-state index contributed by atoms with van der Waals surface area (Å²) in [6.07, 6.45) is 1.63. The highest BCUT2D eigenvalue weighted by Crippen LogP contribution is 2.33. The van der Waals surface area contributed by atoms with Crippen molar-refractivity contribution in [2.75, 3.05) is 76.1 Å². The Balaban J connectivity index is 0.00000305. The summed E-state index contributed by atoms with van der Waals surface area (Å²) in [6, 6.07) is 24.4. The number of ether oxygens (including phenoxy) is 2. The Morgan fingerprint density at radius 3 is 2.41 bits per heavy atom. The molecule has 14 nitrogen and oxygen atoms in total. The summed E-state index contributed by atoms with van der Waals surface area (Å²) in [5.74, 6) is 6.49. The normalized spacial score (nSPS) is 16.6. The van der Waals surface area contributed by atoms with E-state index in [1.165, 1.54) is 20.6 Å². The SMILES string of the molecule is CCC.CNC(=O)c1ccc(NCC#Cc2cc3c(NC4CCN(CCCCCCCC(=O)NCc5ccc(COc6ccc7c(c6)N(C)CC(=O)NC(CO)C7)cc5)CC4F)cccc3n2CC(F)(F)F)c(OC)c1. The monoisotopic (exact) mass is 1050 g/mol. The van der Waals surface area contributed by atoms with Crippen molar-refractivity contribution in [1.29, 1.82) is 0 Å². The van der Waals surface area contributed by atoms with E-state index in [1.54, 1.807) is 42.5 Å². The van der Waals surface area contributed by atoms with Crippen LogP contribution in [-0.2, 0) is 35.7 Å². The van der Waals surface area contributed by atoms with Gasteiger partial charge in [-0.25, -0.2) is 4.39 Å². The first kappa shape index (κ1) is 58.3. The zero-order chi connectivity index (χ0) is 54.6. The summed E-state index contributed by atoms with van der Waals surface area (Å²) in [6.45, 7) is 5.65. The van der Waals surface area contributed by atoms with Gasteiger partial charge in [0.1, 0.15) is 30.8 Å². The van der Waals surface area contributed by atoms with Gasteiger partial charge in [-0.1, -0.05) is 81.8 Å². The summed E-state index contributed by atoms with van der Waals surface area (Å²) >= 11 is 0. The number of aliphatic hydroxyl groups is 1. The summed E-state index contributed by atoms with van der Waals surface area (Å²) in [4.78, 5) is 40.9. The van der Waals surface area contributed by atoms with Crippen LogP contribution in [0.5, 0.6) is 11.5 Å². The van der Waals surface area contributed by atoms with Gasteiger partial charge in [0.05, 0.1) is 55.8 Å². The number of piperidine rings is 1. The molecule has 0 bridgehead atoms. The van der Waals surface area contributed by atoms with Gasteiger partial charge in [-0.15, -0.1) is 0 Å². The predicted octanol–water partition coefficient (Wildman–Crippen LogP) is 8.98. The van der Waals surface area contributed by atoms with E-state index in [1.807, 2.05) is 54.4 Å². The molecular weight excluding hydrogens is 981 g/mol. The fourth-order valence-electron chi connectivity index (χ4n) is 9.32. The highest BCUT2D eigenvalue weighted by molar-refractivity contribution is 5.95. The lowest BCUT2D eigenvalue weighted by Gasteiger charge is -2.35. The number of anilines is 3. The van der Waals surface area contributed by atoms with E-state index in [-0.39, 0.29) is 55.7 Å². The Labute approximate surface area is 444 Å². The second-order valence-corrected chi connectivity index (χ2v) is 19.4. The number of hydrogen-bond donors (Lipinski definition) is 6. The fourth-order valence-corrected chi connectivity index (χ4v) is 9.32. The van der Waals surface area contributed by atoms with Crippen LogP contribution < -0.4 is 41.0 Å². The van der Waals surface area contributed by atoms with Gasteiger partial charge in [-0.05, 0) is 97.3 Å². The van der Waals surface area contributed by atoms with Crippen molar-refractivity contribution in [3.05, 3.63) is 113 Å². The second kappa shape index (κ2) is 28.8. The molecule has 0 saturated carbocycles. The molecule has 3 amide bonds. The zero-order valence-corrected chi connectivity index (χ0v) is 44.4. The molecule has 3 unspecified atom stereocenters. The number of carbonyl (C=O) groups excluding carboxylic acids is 3. The number of halogens is 4. The molecule has 6 N–H and O–H groups in total. The molecule has 0 spiro atoms. The number of likely N-dealkylation sites (N-methyl/N-ethyl adjacent to an activating group) is 1. The Bertz CT molecular complexity index is 2760. The van der Waals surface area contributed by atoms with Crippen molar-refractivity contribution in [3.63, 3.8) is 0 Å². The van der Waals surface area contributed by atoms with Crippen LogP contribution in [0, 0.1) is 11.8 Å². The van der Waals surface area contributed by atoms with Crippen molar-refractivity contribution >= 4 is 45.7 Å². The number of amides is 3. The third-order valence-corrected chi connectivity index (χ3v) is 13.2. The number of aliphatic hydroxyl groups excluding tert-OH is 1. The molecule has 3 heterocycles. The molecule has 7 rings (SSSR count). The molecule has 0 radical (unpaired) electrons. The van der Waals surface area contributed by atoms with E-state index in [2.05, 4.69) is 57.2 Å². The van der Waals surface area contributed by atoms with Gasteiger partial charge in [0, 0.05) is 68.5 Å². The lowest BCUT2D eigenvalue weighted by molar-refractivity contribution is -0.140. The van der Waals surface area contributed by atoms with Gasteiger partial charge in [0.25, 0.3) is 5.91 Å². The number of unbranched alkanes of at least 4 members (excludes halogenated alkanes) is 4. The van der Waals surface area contributed by atoms with Crippen LogP contribution in [0.4, 0.5) is 34.6 Å². The Kier molecular flexibility index (Phi) is 22.1. The number of rotatable bonds is 21. The number of carbonyl (C=O) groups is 3. The van der Waals surface area contributed by atoms with Crippen molar-refractivity contribution in [3.8, 4) is 23.3 Å². The van der Waals surface area contributed by atoms with Gasteiger partial charge in [-0.3, -0.25) is 14.4 Å². The lowest BCUT2D eigenvalue weighted by Crippen LogP contribution is -2.48. The molecular formula is C58H74F4N8O6. The first-order valence-electron chi connectivity index (χ1n) is 26.3. The number of benzene rings is 4. The Morgan fingerprint density at radius 2 is 1.68 bits per heavy atom. The van der Waals surface area contributed by atoms with Crippen molar-refractivity contribution in [2.45, 2.75) is 116 Å². The lowest BCUT2D eigenvalue weighted by atomic mass is 10.0. The maximum absolute atomic E-state index is 15.7. The highest BCUT2D eigenvalue weighted by atomic mass is 19.4. The standard InChI is InChI=1S/C55H66F4N8O6.C3H8/c1-60-54(71)40-20-22-48(51(28-40)72-3)61-24-10-11-42-29-44-46(12-9-13-49(44)67(42)36-55(57,58)59)64-47-23-26-66(32-45(47)56)25-8-6-4-5-7-14-52(69)62-31-37-15-17-38(18-16-37)35-73-43-21-19-39-27-41(34-68)63-53(70)33-65(2)50(39)30-43;1-3-2/h9,12-13,15-22,28-30,41,45,47,61,64,68H,4-8,14,23-27,31-36H2,1-3H3,(H,60,71)(H,62,69)(H,63,70);3H2,1-2H3. The van der Waals surface area contributed by atoms with Crippen molar-refractivity contribution in [1.82, 2.24) is 25.4 Å². The summed E-state index contributed by atoms with van der Waals surface area (Å²) < 4.78 is 69.9. The molecule has 18 heteroatoms. The minimum absolute atomic E-state index is 0.00325. The molecule has 1 aromatic heterocycles. The largest absolute Gasteiger partial charge is 0.495 e. The van der Waals surface area contributed by atoms with E-state index in [0.29, 0.717) is 78.3 Å². The number of methoxy groups -OCH3 is 1. The summed E-state index contributed by atoms with van der Waals surface area (Å²) in [5.41, 5.74) is 5.91. The molecule has 2 aliphatic rings. The first-order chi connectivity index (χ1) is 36.6. The Morgan fingerprint density at radius 1 is 0.934 bits per heavy atom. The second-order valence-electron chi connectivity index (χ2n) is 19.4. The van der Waals surface area contributed by atoms with Crippen LogP contribution in [0.25, 0.3) is 10.9 Å². The van der Waals surface area contributed by atoms with Crippen LogP contribution in [0.15, 0.2) is 84.9 Å². The number of fused-ring (bicyclic) bond motifs is 2. The van der Waals surface area contributed by atoms with Gasteiger partial charge in [-0.2, -0.15) is 13.2 Å². The molecule has 76 heavy (non-hydrogen) atoms. The quantitative estimate of drug-likeness (QED) is 0.0238. The van der Waals surface area contributed by atoms with Crippen molar-refractivity contribution in [2.24, 2.45) is 0 Å². The maximum atomic E-state index is 15.7. The topological polar surface area (TPSA) is 161 Å². The molecule has 2 aliphatic heterocycles. The highest BCUT2D eigenvalue weighted by Gasteiger charge is 2.32. The predicted molar refractivity (Wildman–Crippen MR) is 292 cm³/mol. The van der Waals surface area contributed by atoms with E-state index in [0.717, 1.165) is 65.6 Å². The van der Waals surface area contributed by atoms with E-state index in [4.69, 9.17) is 9.47 Å². The average Bonchev–Trinajstić information content (AvgIpc) is 3.75. The number of aromatic nitrogens is 1. The number of likely N-dealkylation sites (tertiary alicyclic amines) is 1. The summed E-state index contributed by atoms with van der Waals surface area (Å²) in [5, 5.41) is 25.0. The van der Waals surface area contributed by atoms with E-state index < -0.39 is 24.9 Å². The summed E-state index contributed by atoms with van der Waals surface area (Å²) in [7, 11) is 4.85. The molecule has 1 fully saturated rings. The number of alkyl halides is 4. The van der Waals surface area contributed by atoms with Crippen LogP contribution in [0.3, 0.4) is 0 Å². The van der Waals surface area contributed by atoms with Gasteiger partial charge in [0.15, 0.2) is 0 Å². The third kappa shape index (κ3) is 17.3. The molecule has 4 aromatic carbocycles. The number of nitrogens with one attached hydrogen (secondary N) is 5. The average molecular weight is 1060 g/mol. The van der Waals surface area contributed by atoms with Crippen LogP contribution >= 0.6 is 0 Å². The maximum Gasteiger partial charge on any atom is 0.406 e. The van der Waals surface area contributed by atoms with E-state index >= 15 is 4.39 Å². The van der Waals surface area contributed by atoms with Crippen LogP contribution in [0.1, 0.15) is 98.0 Å². The Hall–Kier alpha value is -6.97. The molecule has 1 saturated heterocycles. The molecule has 410 valence electrons. The minimum Gasteiger partial charge on any atom is -0.495 e.